The largest absolute Gasteiger partial charge is 0.341 e. The Kier molecular flexibility index (Phi) is 4.88. The first-order valence-corrected chi connectivity index (χ1v) is 7.89. The number of para-hydroxylation sites is 1. The smallest absolute Gasteiger partial charge is 0.245 e. The summed E-state index contributed by atoms with van der Waals surface area (Å²) in [6.07, 6.45) is 0. The fourth-order valence-electron chi connectivity index (χ4n) is 2.79. The average Bonchev–Trinajstić information content (AvgIpc) is 2.87. The molecule has 5 heteroatoms. The molecule has 0 bridgehead atoms. The number of hydrogen-bond acceptors (Lipinski definition) is 2. The molecule has 1 aromatic heterocycles. The van der Waals surface area contributed by atoms with Gasteiger partial charge in [0.25, 0.3) is 0 Å². The predicted molar refractivity (Wildman–Crippen MR) is 86.7 cm³/mol. The number of aromatic nitrogens is 2. The predicted octanol–water partition coefficient (Wildman–Crippen LogP) is 3.51. The van der Waals surface area contributed by atoms with Gasteiger partial charge in [-0.15, -0.1) is 11.6 Å². The normalized spacial score (nSPS) is 12.6. The van der Waals surface area contributed by atoms with Crippen LogP contribution in [-0.2, 0) is 10.7 Å². The van der Waals surface area contributed by atoms with Crippen LogP contribution in [0.3, 0.4) is 0 Å². The van der Waals surface area contributed by atoms with E-state index < -0.39 is 0 Å². The van der Waals surface area contributed by atoms with Gasteiger partial charge in [-0.05, 0) is 39.3 Å². The van der Waals surface area contributed by atoms with E-state index in [9.17, 15) is 4.79 Å². The van der Waals surface area contributed by atoms with Gasteiger partial charge in [-0.2, -0.15) is 0 Å². The van der Waals surface area contributed by atoms with Gasteiger partial charge in [-0.25, -0.2) is 4.98 Å². The Morgan fingerprint density at radius 1 is 1.38 bits per heavy atom. The molecule has 0 saturated carbocycles. The van der Waals surface area contributed by atoms with E-state index >= 15 is 0 Å². The molecule has 0 spiro atoms. The third-order valence-corrected chi connectivity index (χ3v) is 4.16. The summed E-state index contributed by atoms with van der Waals surface area (Å²) in [4.78, 5) is 19.1. The number of rotatable bonds is 5. The quantitative estimate of drug-likeness (QED) is 0.793. The molecular weight excluding hydrogens is 286 g/mol. The van der Waals surface area contributed by atoms with Crippen molar-refractivity contribution < 1.29 is 4.79 Å². The van der Waals surface area contributed by atoms with Crippen LogP contribution in [-0.4, -0.2) is 33.4 Å². The van der Waals surface area contributed by atoms with Gasteiger partial charge in [0.05, 0.1) is 16.9 Å². The van der Waals surface area contributed by atoms with Crippen LogP contribution in [0.25, 0.3) is 11.0 Å². The Morgan fingerprint density at radius 3 is 2.62 bits per heavy atom. The van der Waals surface area contributed by atoms with E-state index in [1.807, 2.05) is 55.4 Å². The van der Waals surface area contributed by atoms with E-state index in [-0.39, 0.29) is 11.9 Å². The second kappa shape index (κ2) is 6.48. The molecule has 4 nitrogen and oxygen atoms in total. The molecule has 0 aliphatic carbocycles. The standard InChI is InChI=1S/C16H22ClN3O/c1-5-19(6-2)16(21)12(4)20-14(10-17)18-13-9-7-8-11(3)15(13)20/h7-9,12H,5-6,10H2,1-4H3. The van der Waals surface area contributed by atoms with Crippen LogP contribution in [0.5, 0.6) is 0 Å². The number of fused-ring (bicyclic) bond motifs is 1. The molecule has 0 aliphatic heterocycles. The lowest BCUT2D eigenvalue weighted by molar-refractivity contribution is -0.133. The Hall–Kier alpha value is -1.55. The van der Waals surface area contributed by atoms with Crippen molar-refractivity contribution in [2.45, 2.75) is 39.6 Å². The summed E-state index contributed by atoms with van der Waals surface area (Å²) < 4.78 is 1.98. The molecule has 21 heavy (non-hydrogen) atoms. The highest BCUT2D eigenvalue weighted by atomic mass is 35.5. The van der Waals surface area contributed by atoms with E-state index in [2.05, 4.69) is 4.98 Å². The minimum absolute atomic E-state index is 0.105. The molecule has 0 saturated heterocycles. The summed E-state index contributed by atoms with van der Waals surface area (Å²) in [6.45, 7) is 9.36. The van der Waals surface area contributed by atoms with E-state index in [4.69, 9.17) is 11.6 Å². The monoisotopic (exact) mass is 307 g/mol. The third-order valence-electron chi connectivity index (χ3n) is 3.92. The molecule has 114 valence electrons. The number of halogens is 1. The topological polar surface area (TPSA) is 38.1 Å². The van der Waals surface area contributed by atoms with Crippen molar-refractivity contribution in [2.24, 2.45) is 0 Å². The van der Waals surface area contributed by atoms with Gasteiger partial charge in [0.15, 0.2) is 0 Å². The summed E-state index contributed by atoms with van der Waals surface area (Å²) in [6, 6.07) is 5.67. The van der Waals surface area contributed by atoms with Gasteiger partial charge < -0.3 is 9.47 Å². The summed E-state index contributed by atoms with van der Waals surface area (Å²) in [7, 11) is 0. The van der Waals surface area contributed by atoms with Crippen LogP contribution in [0.4, 0.5) is 0 Å². The molecule has 1 unspecified atom stereocenters. The lowest BCUT2D eigenvalue weighted by atomic mass is 10.2. The van der Waals surface area contributed by atoms with Crippen molar-refractivity contribution in [2.75, 3.05) is 13.1 Å². The highest BCUT2D eigenvalue weighted by Gasteiger charge is 2.24. The Morgan fingerprint density at radius 2 is 2.05 bits per heavy atom. The van der Waals surface area contributed by atoms with Crippen LogP contribution >= 0.6 is 11.6 Å². The van der Waals surface area contributed by atoms with E-state index in [0.717, 1.165) is 22.4 Å². The SMILES string of the molecule is CCN(CC)C(=O)C(C)n1c(CCl)nc2cccc(C)c21. The number of hydrogen-bond donors (Lipinski definition) is 0. The molecule has 0 radical (unpaired) electrons. The number of imidazole rings is 1. The maximum atomic E-state index is 12.7. The fourth-order valence-corrected chi connectivity index (χ4v) is 2.98. The zero-order valence-electron chi connectivity index (χ0n) is 13.1. The minimum Gasteiger partial charge on any atom is -0.341 e. The van der Waals surface area contributed by atoms with Gasteiger partial charge in [-0.1, -0.05) is 12.1 Å². The lowest BCUT2D eigenvalue weighted by Crippen LogP contribution is -2.36. The molecule has 2 rings (SSSR count). The molecule has 1 heterocycles. The Bertz CT molecular complexity index is 646. The van der Waals surface area contributed by atoms with Crippen LogP contribution in [0.15, 0.2) is 18.2 Å². The van der Waals surface area contributed by atoms with Gasteiger partial charge in [0, 0.05) is 13.1 Å². The number of alkyl halides is 1. The Labute approximate surface area is 130 Å². The maximum absolute atomic E-state index is 12.7. The number of likely N-dealkylation sites (N-methyl/N-ethyl adjacent to an activating group) is 1. The summed E-state index contributed by atoms with van der Waals surface area (Å²) in [5.41, 5.74) is 3.00. The molecule has 1 aromatic carbocycles. The molecule has 1 amide bonds. The zero-order chi connectivity index (χ0) is 15.6. The maximum Gasteiger partial charge on any atom is 0.245 e. The number of aryl methyl sites for hydroxylation is 1. The molecule has 0 N–H and O–H groups in total. The van der Waals surface area contributed by atoms with Gasteiger partial charge in [-0.3, -0.25) is 4.79 Å². The highest BCUT2D eigenvalue weighted by Crippen LogP contribution is 2.26. The second-order valence-corrected chi connectivity index (χ2v) is 5.43. The number of amides is 1. The summed E-state index contributed by atoms with van der Waals surface area (Å²) in [5.74, 6) is 1.15. The number of carbonyl (C=O) groups excluding carboxylic acids is 1. The molecular formula is C16H22ClN3O. The van der Waals surface area contributed by atoms with Crippen LogP contribution in [0.1, 0.15) is 38.2 Å². The minimum atomic E-state index is -0.301. The second-order valence-electron chi connectivity index (χ2n) is 5.16. The van der Waals surface area contributed by atoms with Crippen molar-refractivity contribution >= 4 is 28.5 Å². The Balaban J connectivity index is 2.56. The van der Waals surface area contributed by atoms with Gasteiger partial charge >= 0.3 is 0 Å². The third kappa shape index (κ3) is 2.77. The first kappa shape index (κ1) is 15.8. The summed E-state index contributed by atoms with van der Waals surface area (Å²) in [5, 5.41) is 0. The number of nitrogens with zero attached hydrogens (tertiary/aromatic N) is 3. The molecule has 1 atom stereocenters. The summed E-state index contributed by atoms with van der Waals surface area (Å²) >= 11 is 6.04. The van der Waals surface area contributed by atoms with Gasteiger partial charge in [0.1, 0.15) is 11.9 Å². The van der Waals surface area contributed by atoms with Crippen LogP contribution < -0.4 is 0 Å². The fraction of sp³-hybridized carbons (Fsp3) is 0.500. The highest BCUT2D eigenvalue weighted by molar-refractivity contribution is 6.17. The van der Waals surface area contributed by atoms with E-state index in [1.165, 1.54) is 0 Å². The molecule has 0 fully saturated rings. The van der Waals surface area contributed by atoms with Crippen molar-refractivity contribution in [3.8, 4) is 0 Å². The molecule has 0 aliphatic rings. The van der Waals surface area contributed by atoms with Crippen molar-refractivity contribution in [1.82, 2.24) is 14.5 Å². The van der Waals surface area contributed by atoms with Crippen LogP contribution in [0.2, 0.25) is 0 Å². The number of carbonyl (C=O) groups is 1. The van der Waals surface area contributed by atoms with E-state index in [1.54, 1.807) is 0 Å². The first-order chi connectivity index (χ1) is 10.0. The van der Waals surface area contributed by atoms with E-state index in [0.29, 0.717) is 19.0 Å². The van der Waals surface area contributed by atoms with Crippen LogP contribution in [0, 0.1) is 6.92 Å². The van der Waals surface area contributed by atoms with Crippen molar-refractivity contribution in [3.63, 3.8) is 0 Å². The van der Waals surface area contributed by atoms with Crippen molar-refractivity contribution in [1.29, 1.82) is 0 Å². The lowest BCUT2D eigenvalue weighted by Gasteiger charge is -2.25. The van der Waals surface area contributed by atoms with Crippen molar-refractivity contribution in [3.05, 3.63) is 29.6 Å². The van der Waals surface area contributed by atoms with Gasteiger partial charge in [0.2, 0.25) is 5.91 Å². The average molecular weight is 308 g/mol. The molecule has 2 aromatic rings. The first-order valence-electron chi connectivity index (χ1n) is 7.36. The number of benzene rings is 1. The zero-order valence-corrected chi connectivity index (χ0v) is 13.8.